The molecule has 1 heterocycles. The number of carbonyl (C=O) groups excluding carboxylic acids is 1. The van der Waals surface area contributed by atoms with Gasteiger partial charge in [0.05, 0.1) is 10.7 Å². The van der Waals surface area contributed by atoms with Crippen LogP contribution in [-0.2, 0) is 19.4 Å². The Morgan fingerprint density at radius 1 is 1.33 bits per heavy atom. The molecule has 0 atom stereocenters. The second kappa shape index (κ2) is 4.69. The molecule has 4 heteroatoms. The van der Waals surface area contributed by atoms with E-state index >= 15 is 0 Å². The molecule has 1 aliphatic rings. The van der Waals surface area contributed by atoms with Crippen LogP contribution in [0.2, 0.25) is 0 Å². The summed E-state index contributed by atoms with van der Waals surface area (Å²) in [6.45, 7) is 0.296. The van der Waals surface area contributed by atoms with Crippen molar-refractivity contribution in [3.05, 3.63) is 51.8 Å². The van der Waals surface area contributed by atoms with E-state index in [4.69, 9.17) is 0 Å². The van der Waals surface area contributed by atoms with Crippen molar-refractivity contribution in [3.8, 4) is 0 Å². The normalized spacial score (nSPS) is 13.6. The maximum absolute atomic E-state index is 12.1. The fraction of sp³-hybridized carbons (Fsp3) is 0.286. The summed E-state index contributed by atoms with van der Waals surface area (Å²) in [5, 5.41) is 4.10. The summed E-state index contributed by atoms with van der Waals surface area (Å²) in [5.41, 5.74) is 3.53. The molecule has 0 unspecified atom stereocenters. The molecule has 0 aliphatic heterocycles. The number of aromatic nitrogens is 2. The predicted molar refractivity (Wildman–Crippen MR) is 72.7 cm³/mol. The Morgan fingerprint density at radius 3 is 2.94 bits per heavy atom. The quantitative estimate of drug-likeness (QED) is 0.817. The van der Waals surface area contributed by atoms with Crippen LogP contribution in [0.5, 0.6) is 0 Å². The molecule has 3 nitrogen and oxygen atoms in total. The van der Waals surface area contributed by atoms with Crippen molar-refractivity contribution in [2.75, 3.05) is 0 Å². The fourth-order valence-corrected chi connectivity index (χ4v) is 2.74. The average Bonchev–Trinajstić information content (AvgIpc) is 2.96. The molecule has 0 saturated carbocycles. The van der Waals surface area contributed by atoms with Gasteiger partial charge in [-0.05, 0) is 52.4 Å². The molecule has 0 radical (unpaired) electrons. The van der Waals surface area contributed by atoms with Crippen LogP contribution in [0.1, 0.15) is 27.9 Å². The number of carbonyl (C=O) groups is 1. The van der Waals surface area contributed by atoms with E-state index in [2.05, 4.69) is 27.1 Å². The number of rotatable bonds is 3. The van der Waals surface area contributed by atoms with Gasteiger partial charge in [-0.25, -0.2) is 0 Å². The van der Waals surface area contributed by atoms with E-state index in [-0.39, 0.29) is 5.78 Å². The maximum atomic E-state index is 12.1. The number of nitrogens with zero attached hydrogens (tertiary/aromatic N) is 2. The zero-order chi connectivity index (χ0) is 12.5. The van der Waals surface area contributed by atoms with E-state index in [9.17, 15) is 4.79 Å². The van der Waals surface area contributed by atoms with Crippen molar-refractivity contribution in [3.63, 3.8) is 0 Å². The zero-order valence-electron chi connectivity index (χ0n) is 9.90. The number of halogens is 1. The van der Waals surface area contributed by atoms with Gasteiger partial charge >= 0.3 is 0 Å². The summed E-state index contributed by atoms with van der Waals surface area (Å²) < 4.78 is 2.55. The van der Waals surface area contributed by atoms with E-state index in [1.54, 1.807) is 10.9 Å². The van der Waals surface area contributed by atoms with Crippen molar-refractivity contribution in [1.82, 2.24) is 9.78 Å². The maximum Gasteiger partial charge on any atom is 0.184 e. The van der Waals surface area contributed by atoms with E-state index < -0.39 is 0 Å². The molecule has 92 valence electrons. The topological polar surface area (TPSA) is 34.9 Å². The van der Waals surface area contributed by atoms with Gasteiger partial charge in [0.25, 0.3) is 0 Å². The summed E-state index contributed by atoms with van der Waals surface area (Å²) in [5.74, 6) is 0.111. The first-order chi connectivity index (χ1) is 8.72. The molecule has 3 rings (SSSR count). The number of aryl methyl sites for hydroxylation is 2. The molecule has 18 heavy (non-hydrogen) atoms. The highest BCUT2D eigenvalue weighted by molar-refractivity contribution is 9.10. The van der Waals surface area contributed by atoms with Crippen LogP contribution in [0.15, 0.2) is 35.1 Å². The highest BCUT2D eigenvalue weighted by atomic mass is 79.9. The summed E-state index contributed by atoms with van der Waals surface area (Å²) in [7, 11) is 0. The Balaban J connectivity index is 1.80. The molecule has 0 amide bonds. The third-order valence-electron chi connectivity index (χ3n) is 3.33. The molecule has 0 spiro atoms. The standard InChI is InChI=1S/C14H13BrN2O/c15-13-7-16-17(8-13)9-14(18)12-5-4-10-2-1-3-11(10)6-12/h4-8H,1-3,9H2. The van der Waals surface area contributed by atoms with Crippen LogP contribution in [0, 0.1) is 0 Å². The van der Waals surface area contributed by atoms with E-state index in [1.165, 1.54) is 17.5 Å². The van der Waals surface area contributed by atoms with Gasteiger partial charge in [0, 0.05) is 11.8 Å². The summed E-state index contributed by atoms with van der Waals surface area (Å²) in [6.07, 6.45) is 6.96. The highest BCUT2D eigenvalue weighted by Crippen LogP contribution is 2.23. The Kier molecular flexibility index (Phi) is 3.04. The van der Waals surface area contributed by atoms with Gasteiger partial charge in [0.1, 0.15) is 6.54 Å². The lowest BCUT2D eigenvalue weighted by atomic mass is 10.0. The molecule has 2 aromatic rings. The molecule has 1 aromatic carbocycles. The Morgan fingerprint density at radius 2 is 2.17 bits per heavy atom. The van der Waals surface area contributed by atoms with Crippen LogP contribution < -0.4 is 0 Å². The minimum Gasteiger partial charge on any atom is -0.292 e. The minimum absolute atomic E-state index is 0.111. The summed E-state index contributed by atoms with van der Waals surface area (Å²) in [6, 6.07) is 6.07. The van der Waals surface area contributed by atoms with E-state index in [1.807, 2.05) is 18.3 Å². The number of hydrogen-bond acceptors (Lipinski definition) is 2. The van der Waals surface area contributed by atoms with Gasteiger partial charge in [-0.1, -0.05) is 12.1 Å². The summed E-state index contributed by atoms with van der Waals surface area (Å²) >= 11 is 3.32. The van der Waals surface area contributed by atoms with Crippen molar-refractivity contribution >= 4 is 21.7 Å². The van der Waals surface area contributed by atoms with Crippen LogP contribution in [-0.4, -0.2) is 15.6 Å². The third-order valence-corrected chi connectivity index (χ3v) is 3.74. The third kappa shape index (κ3) is 2.25. The molecule has 0 N–H and O–H groups in total. The zero-order valence-corrected chi connectivity index (χ0v) is 11.5. The van der Waals surface area contributed by atoms with Crippen LogP contribution >= 0.6 is 15.9 Å². The lowest BCUT2D eigenvalue weighted by Crippen LogP contribution is -2.11. The lowest BCUT2D eigenvalue weighted by molar-refractivity contribution is 0.0967. The Bertz CT molecular complexity index is 604. The van der Waals surface area contributed by atoms with Gasteiger partial charge in [0.2, 0.25) is 0 Å². The number of ketones is 1. The van der Waals surface area contributed by atoms with Gasteiger partial charge in [0.15, 0.2) is 5.78 Å². The molecule has 0 bridgehead atoms. The lowest BCUT2D eigenvalue weighted by Gasteiger charge is -2.04. The second-order valence-electron chi connectivity index (χ2n) is 4.62. The molecular formula is C14H13BrN2O. The Hall–Kier alpha value is -1.42. The van der Waals surface area contributed by atoms with Crippen LogP contribution in [0.3, 0.4) is 0 Å². The highest BCUT2D eigenvalue weighted by Gasteiger charge is 2.14. The largest absolute Gasteiger partial charge is 0.292 e. The number of Topliss-reactive ketones (excluding diaryl/α,β-unsaturated/α-hetero) is 1. The van der Waals surface area contributed by atoms with Crippen molar-refractivity contribution in [2.24, 2.45) is 0 Å². The van der Waals surface area contributed by atoms with Gasteiger partial charge in [-0.15, -0.1) is 0 Å². The molecule has 1 aliphatic carbocycles. The van der Waals surface area contributed by atoms with E-state index in [0.717, 1.165) is 22.9 Å². The Labute approximate surface area is 114 Å². The number of benzene rings is 1. The van der Waals surface area contributed by atoms with Gasteiger partial charge in [-0.3, -0.25) is 9.48 Å². The molecule has 0 fully saturated rings. The number of fused-ring (bicyclic) bond motifs is 1. The van der Waals surface area contributed by atoms with E-state index in [0.29, 0.717) is 6.54 Å². The minimum atomic E-state index is 0.111. The average molecular weight is 305 g/mol. The first-order valence-corrected chi connectivity index (χ1v) is 6.84. The first-order valence-electron chi connectivity index (χ1n) is 6.05. The predicted octanol–water partition coefficient (Wildman–Crippen LogP) is 3.02. The monoisotopic (exact) mass is 304 g/mol. The second-order valence-corrected chi connectivity index (χ2v) is 5.53. The van der Waals surface area contributed by atoms with Crippen molar-refractivity contribution in [2.45, 2.75) is 25.8 Å². The number of hydrogen-bond donors (Lipinski definition) is 0. The first kappa shape index (κ1) is 11.7. The molecule has 1 aromatic heterocycles. The fourth-order valence-electron chi connectivity index (χ4n) is 2.41. The SMILES string of the molecule is O=C(Cn1cc(Br)cn1)c1ccc2c(c1)CCC2. The van der Waals surface area contributed by atoms with Crippen molar-refractivity contribution < 1.29 is 4.79 Å². The van der Waals surface area contributed by atoms with Crippen molar-refractivity contribution in [1.29, 1.82) is 0 Å². The molecular weight excluding hydrogens is 292 g/mol. The van der Waals surface area contributed by atoms with Gasteiger partial charge in [-0.2, -0.15) is 5.10 Å². The van der Waals surface area contributed by atoms with Gasteiger partial charge < -0.3 is 0 Å². The summed E-state index contributed by atoms with van der Waals surface area (Å²) in [4.78, 5) is 12.1. The molecule has 0 saturated heterocycles. The van der Waals surface area contributed by atoms with Crippen LogP contribution in [0.4, 0.5) is 0 Å². The smallest absolute Gasteiger partial charge is 0.184 e. The van der Waals surface area contributed by atoms with Crippen LogP contribution in [0.25, 0.3) is 0 Å².